The Balaban J connectivity index is 1.86. The predicted octanol–water partition coefficient (Wildman–Crippen LogP) is 3.99. The van der Waals surface area contributed by atoms with Crippen LogP contribution < -0.4 is 10.6 Å². The lowest BCUT2D eigenvalue weighted by molar-refractivity contribution is -0.137. The standard InChI is InChI=1S/C18H18ClF4N5O2/c1-2-24-16-11(18(21,22)23)7-25-17(27-16)26-14-6-13(20)10(5-12(14)19)15-8-28(9-29)3-4-30-15/h5-7,9,15H,2-4,8H2,1H3,(H2,24,25,26,27). The summed E-state index contributed by atoms with van der Waals surface area (Å²) in [5, 5.41) is 5.25. The van der Waals surface area contributed by atoms with E-state index >= 15 is 0 Å². The van der Waals surface area contributed by atoms with Gasteiger partial charge in [-0.15, -0.1) is 0 Å². The number of ether oxygens (including phenoxy) is 1. The number of amides is 1. The van der Waals surface area contributed by atoms with Crippen LogP contribution in [0.25, 0.3) is 0 Å². The van der Waals surface area contributed by atoms with Crippen LogP contribution in [0.5, 0.6) is 0 Å². The lowest BCUT2D eigenvalue weighted by atomic mass is 10.1. The van der Waals surface area contributed by atoms with Crippen molar-refractivity contribution in [1.29, 1.82) is 0 Å². The number of hydrogen-bond donors (Lipinski definition) is 2. The molecule has 1 aliphatic heterocycles. The minimum Gasteiger partial charge on any atom is -0.370 e. The van der Waals surface area contributed by atoms with Gasteiger partial charge in [-0.05, 0) is 19.1 Å². The highest BCUT2D eigenvalue weighted by Crippen LogP contribution is 2.35. The molecule has 1 amide bonds. The van der Waals surface area contributed by atoms with Crippen LogP contribution in [0, 0.1) is 5.82 Å². The molecule has 0 spiro atoms. The van der Waals surface area contributed by atoms with Crippen molar-refractivity contribution in [3.8, 4) is 0 Å². The SMILES string of the molecule is CCNc1nc(Nc2cc(F)c(C3CN(C=O)CCO3)cc2Cl)ncc1C(F)(F)F. The molecular formula is C18H18ClF4N5O2. The summed E-state index contributed by atoms with van der Waals surface area (Å²) in [4.78, 5) is 19.9. The van der Waals surface area contributed by atoms with Crippen LogP contribution in [0.4, 0.5) is 35.0 Å². The number of carbonyl (C=O) groups is 1. The molecule has 0 radical (unpaired) electrons. The topological polar surface area (TPSA) is 79.4 Å². The van der Waals surface area contributed by atoms with E-state index in [1.165, 1.54) is 11.0 Å². The summed E-state index contributed by atoms with van der Waals surface area (Å²) in [7, 11) is 0. The largest absolute Gasteiger partial charge is 0.421 e. The second-order valence-corrected chi connectivity index (χ2v) is 6.83. The summed E-state index contributed by atoms with van der Waals surface area (Å²) in [6, 6.07) is 2.42. The molecule has 7 nitrogen and oxygen atoms in total. The van der Waals surface area contributed by atoms with Gasteiger partial charge in [0.2, 0.25) is 12.4 Å². The van der Waals surface area contributed by atoms with Crippen molar-refractivity contribution in [2.24, 2.45) is 0 Å². The fraction of sp³-hybridized carbons (Fsp3) is 0.389. The Labute approximate surface area is 174 Å². The normalized spacial score (nSPS) is 17.0. The minimum atomic E-state index is -4.63. The molecule has 0 aliphatic carbocycles. The zero-order valence-corrected chi connectivity index (χ0v) is 16.5. The predicted molar refractivity (Wildman–Crippen MR) is 102 cm³/mol. The van der Waals surface area contributed by atoms with Crippen molar-refractivity contribution in [3.05, 3.63) is 40.3 Å². The summed E-state index contributed by atoms with van der Waals surface area (Å²) < 4.78 is 59.4. The summed E-state index contributed by atoms with van der Waals surface area (Å²) in [6.45, 7) is 2.68. The number of rotatable bonds is 6. The van der Waals surface area contributed by atoms with Gasteiger partial charge in [-0.1, -0.05) is 11.6 Å². The van der Waals surface area contributed by atoms with Gasteiger partial charge in [0.1, 0.15) is 23.3 Å². The van der Waals surface area contributed by atoms with Crippen molar-refractivity contribution < 1.29 is 27.1 Å². The van der Waals surface area contributed by atoms with Gasteiger partial charge in [-0.2, -0.15) is 18.2 Å². The number of carbonyl (C=O) groups excluding carboxylic acids is 1. The molecule has 0 saturated carbocycles. The number of anilines is 3. The van der Waals surface area contributed by atoms with Crippen LogP contribution in [0.1, 0.15) is 24.2 Å². The highest BCUT2D eigenvalue weighted by molar-refractivity contribution is 6.33. The van der Waals surface area contributed by atoms with Gasteiger partial charge < -0.3 is 20.3 Å². The van der Waals surface area contributed by atoms with Crippen molar-refractivity contribution in [3.63, 3.8) is 0 Å². The quantitative estimate of drug-likeness (QED) is 0.515. The zero-order valence-electron chi connectivity index (χ0n) is 15.8. The summed E-state index contributed by atoms with van der Waals surface area (Å²) in [5.74, 6) is -1.24. The molecule has 1 aliphatic rings. The van der Waals surface area contributed by atoms with E-state index in [4.69, 9.17) is 16.3 Å². The molecule has 1 unspecified atom stereocenters. The van der Waals surface area contributed by atoms with E-state index in [9.17, 15) is 22.4 Å². The maximum Gasteiger partial charge on any atom is 0.421 e. The fourth-order valence-electron chi connectivity index (χ4n) is 2.93. The van der Waals surface area contributed by atoms with Gasteiger partial charge in [0.25, 0.3) is 0 Å². The Hall–Kier alpha value is -2.66. The minimum absolute atomic E-state index is 0.0724. The first kappa shape index (κ1) is 22.0. The molecule has 162 valence electrons. The second-order valence-electron chi connectivity index (χ2n) is 6.42. The number of nitrogens with zero attached hydrogens (tertiary/aromatic N) is 3. The van der Waals surface area contributed by atoms with E-state index in [0.29, 0.717) is 19.2 Å². The number of nitrogens with one attached hydrogen (secondary N) is 2. The average Bonchev–Trinajstić information content (AvgIpc) is 2.70. The van der Waals surface area contributed by atoms with E-state index in [0.717, 1.165) is 6.07 Å². The van der Waals surface area contributed by atoms with E-state index in [-0.39, 0.29) is 41.9 Å². The highest BCUT2D eigenvalue weighted by atomic mass is 35.5. The smallest absolute Gasteiger partial charge is 0.370 e. The average molecular weight is 448 g/mol. The molecule has 2 heterocycles. The molecular weight excluding hydrogens is 430 g/mol. The summed E-state index contributed by atoms with van der Waals surface area (Å²) in [5.41, 5.74) is -0.779. The maximum absolute atomic E-state index is 14.7. The highest BCUT2D eigenvalue weighted by Gasteiger charge is 2.35. The van der Waals surface area contributed by atoms with Crippen LogP contribution in [0.2, 0.25) is 5.02 Å². The molecule has 12 heteroatoms. The molecule has 1 aromatic carbocycles. The molecule has 1 aromatic heterocycles. The van der Waals surface area contributed by atoms with Crippen molar-refractivity contribution in [2.45, 2.75) is 19.2 Å². The van der Waals surface area contributed by atoms with Crippen molar-refractivity contribution >= 4 is 35.5 Å². The molecule has 30 heavy (non-hydrogen) atoms. The summed E-state index contributed by atoms with van der Waals surface area (Å²) >= 11 is 6.23. The Kier molecular flexibility index (Phi) is 6.61. The second kappa shape index (κ2) is 9.00. The number of morpholine rings is 1. The third-order valence-corrected chi connectivity index (χ3v) is 4.68. The number of benzene rings is 1. The number of alkyl halides is 3. The lowest BCUT2D eigenvalue weighted by Crippen LogP contribution is -2.37. The lowest BCUT2D eigenvalue weighted by Gasteiger charge is -2.30. The Morgan fingerprint density at radius 3 is 2.83 bits per heavy atom. The van der Waals surface area contributed by atoms with E-state index in [2.05, 4.69) is 20.6 Å². The van der Waals surface area contributed by atoms with Crippen molar-refractivity contribution in [2.75, 3.05) is 36.9 Å². The Morgan fingerprint density at radius 1 is 1.40 bits per heavy atom. The Morgan fingerprint density at radius 2 is 2.17 bits per heavy atom. The first-order valence-corrected chi connectivity index (χ1v) is 9.35. The molecule has 2 aromatic rings. The fourth-order valence-corrected chi connectivity index (χ4v) is 3.15. The number of aromatic nitrogens is 2. The first-order valence-electron chi connectivity index (χ1n) is 8.98. The van der Waals surface area contributed by atoms with Crippen LogP contribution >= 0.6 is 11.6 Å². The Bertz CT molecular complexity index is 928. The monoisotopic (exact) mass is 447 g/mol. The molecule has 2 N–H and O–H groups in total. The van der Waals surface area contributed by atoms with Crippen molar-refractivity contribution in [1.82, 2.24) is 14.9 Å². The third-order valence-electron chi connectivity index (χ3n) is 4.37. The van der Waals surface area contributed by atoms with Crippen LogP contribution in [0.15, 0.2) is 18.3 Å². The van der Waals surface area contributed by atoms with Crippen LogP contribution in [-0.4, -0.2) is 47.5 Å². The van der Waals surface area contributed by atoms with E-state index in [1.807, 2.05) is 0 Å². The molecule has 3 rings (SSSR count). The molecule has 1 saturated heterocycles. The van der Waals surface area contributed by atoms with Gasteiger partial charge in [-0.25, -0.2) is 9.37 Å². The van der Waals surface area contributed by atoms with Gasteiger partial charge >= 0.3 is 6.18 Å². The van der Waals surface area contributed by atoms with E-state index in [1.54, 1.807) is 6.92 Å². The third kappa shape index (κ3) is 4.90. The van der Waals surface area contributed by atoms with Gasteiger partial charge in [0, 0.05) is 24.8 Å². The first-order chi connectivity index (χ1) is 14.2. The molecule has 0 bridgehead atoms. The van der Waals surface area contributed by atoms with Gasteiger partial charge in [-0.3, -0.25) is 4.79 Å². The number of hydrogen-bond acceptors (Lipinski definition) is 6. The van der Waals surface area contributed by atoms with Gasteiger partial charge in [0.15, 0.2) is 0 Å². The molecule has 1 atom stereocenters. The van der Waals surface area contributed by atoms with Crippen LogP contribution in [-0.2, 0) is 15.7 Å². The molecule has 1 fully saturated rings. The number of halogens is 5. The maximum atomic E-state index is 14.7. The van der Waals surface area contributed by atoms with Gasteiger partial charge in [0.05, 0.1) is 23.9 Å². The van der Waals surface area contributed by atoms with Crippen LogP contribution in [0.3, 0.4) is 0 Å². The zero-order chi connectivity index (χ0) is 21.9. The van der Waals surface area contributed by atoms with E-state index < -0.39 is 29.5 Å². The summed E-state index contributed by atoms with van der Waals surface area (Å²) in [6.07, 6.45) is -4.01.